The third-order valence-electron chi connectivity index (χ3n) is 6.54. The van der Waals surface area contributed by atoms with Gasteiger partial charge in [-0.1, -0.05) is 25.1 Å². The van der Waals surface area contributed by atoms with E-state index in [1.54, 1.807) is 0 Å². The topological polar surface area (TPSA) is 57.2 Å². The van der Waals surface area contributed by atoms with Gasteiger partial charge < -0.3 is 10.2 Å². The van der Waals surface area contributed by atoms with Crippen molar-refractivity contribution in [2.24, 2.45) is 0 Å². The molecule has 0 spiro atoms. The van der Waals surface area contributed by atoms with Crippen molar-refractivity contribution in [2.45, 2.75) is 47.1 Å². The van der Waals surface area contributed by atoms with Crippen LogP contribution in [0.15, 0.2) is 30.5 Å². The lowest BCUT2D eigenvalue weighted by atomic mass is 9.98. The van der Waals surface area contributed by atoms with Crippen molar-refractivity contribution in [1.82, 2.24) is 20.1 Å². The fraction of sp³-hybridized carbons (Fsp3) is 0.480. The van der Waals surface area contributed by atoms with Crippen molar-refractivity contribution < 1.29 is 0 Å². The van der Waals surface area contributed by atoms with E-state index in [1.807, 2.05) is 13.1 Å². The van der Waals surface area contributed by atoms with Crippen LogP contribution in [0.25, 0.3) is 10.8 Å². The minimum atomic E-state index is 0.134. The minimum absolute atomic E-state index is 0.134. The van der Waals surface area contributed by atoms with Crippen LogP contribution in [-0.2, 0) is 0 Å². The van der Waals surface area contributed by atoms with Crippen molar-refractivity contribution in [1.29, 1.82) is 0 Å². The van der Waals surface area contributed by atoms with Gasteiger partial charge in [-0.05, 0) is 63.4 Å². The Morgan fingerprint density at radius 1 is 1.03 bits per heavy atom. The number of rotatable bonds is 6. The highest BCUT2D eigenvalue weighted by Gasteiger charge is 2.19. The molecule has 1 N–H and O–H groups in total. The number of hydrogen-bond acceptors (Lipinski definition) is 6. The van der Waals surface area contributed by atoms with Gasteiger partial charge in [0.05, 0.1) is 11.7 Å². The van der Waals surface area contributed by atoms with E-state index < -0.39 is 0 Å². The Kier molecular flexibility index (Phi) is 6.37. The Bertz CT molecular complexity index is 1060. The second-order valence-corrected chi connectivity index (χ2v) is 8.71. The van der Waals surface area contributed by atoms with E-state index in [4.69, 9.17) is 4.98 Å². The predicted octanol–water partition coefficient (Wildman–Crippen LogP) is 4.66. The number of nitrogens with zero attached hydrogens (tertiary/aromatic N) is 5. The molecule has 0 radical (unpaired) electrons. The molecule has 31 heavy (non-hydrogen) atoms. The fourth-order valence-corrected chi connectivity index (χ4v) is 4.48. The second-order valence-electron chi connectivity index (χ2n) is 8.71. The fourth-order valence-electron chi connectivity index (χ4n) is 4.48. The Labute approximate surface area is 185 Å². The van der Waals surface area contributed by atoms with Crippen molar-refractivity contribution in [3.05, 3.63) is 52.8 Å². The van der Waals surface area contributed by atoms with E-state index in [2.05, 4.69) is 77.3 Å². The van der Waals surface area contributed by atoms with E-state index >= 15 is 0 Å². The minimum Gasteiger partial charge on any atom is -0.362 e. The van der Waals surface area contributed by atoms with Crippen LogP contribution in [0.3, 0.4) is 0 Å². The van der Waals surface area contributed by atoms with E-state index in [0.29, 0.717) is 0 Å². The van der Waals surface area contributed by atoms with Crippen molar-refractivity contribution >= 4 is 22.4 Å². The molecule has 1 aliphatic heterocycles. The lowest BCUT2D eigenvalue weighted by Crippen LogP contribution is -2.46. The molecule has 164 valence electrons. The van der Waals surface area contributed by atoms with Gasteiger partial charge in [-0.25, -0.2) is 4.98 Å². The van der Waals surface area contributed by atoms with Gasteiger partial charge in [-0.2, -0.15) is 5.10 Å². The first-order valence-electron chi connectivity index (χ1n) is 11.4. The molecule has 2 aromatic heterocycles. The molecule has 1 aromatic carbocycles. The molecule has 0 amide bonds. The quantitative estimate of drug-likeness (QED) is 0.629. The summed E-state index contributed by atoms with van der Waals surface area (Å²) >= 11 is 0. The van der Waals surface area contributed by atoms with E-state index in [9.17, 15) is 0 Å². The number of hydrogen-bond donors (Lipinski definition) is 1. The highest BCUT2D eigenvalue weighted by atomic mass is 15.3. The smallest absolute Gasteiger partial charge is 0.157 e. The van der Waals surface area contributed by atoms with Gasteiger partial charge >= 0.3 is 0 Å². The lowest BCUT2D eigenvalue weighted by Gasteiger charge is -2.35. The molecule has 1 atom stereocenters. The summed E-state index contributed by atoms with van der Waals surface area (Å²) in [6.07, 6.45) is 3.17. The third kappa shape index (κ3) is 4.49. The van der Waals surface area contributed by atoms with Crippen LogP contribution in [-0.4, -0.2) is 52.8 Å². The van der Waals surface area contributed by atoms with Crippen LogP contribution in [0.2, 0.25) is 0 Å². The van der Waals surface area contributed by atoms with Crippen LogP contribution < -0.4 is 10.2 Å². The number of piperazine rings is 1. The maximum Gasteiger partial charge on any atom is 0.157 e. The van der Waals surface area contributed by atoms with Crippen molar-refractivity contribution in [2.75, 3.05) is 42.9 Å². The molecule has 3 aromatic rings. The molecular weight excluding hydrogens is 384 g/mol. The molecular formula is C25H34N6. The first-order chi connectivity index (χ1) is 15.0. The zero-order valence-electron chi connectivity index (χ0n) is 19.4. The zero-order valence-corrected chi connectivity index (χ0v) is 19.4. The Morgan fingerprint density at radius 2 is 1.81 bits per heavy atom. The van der Waals surface area contributed by atoms with Gasteiger partial charge in [0.25, 0.3) is 0 Å². The molecule has 3 heterocycles. The highest BCUT2D eigenvalue weighted by molar-refractivity contribution is 5.94. The molecule has 0 aliphatic carbocycles. The molecule has 6 nitrogen and oxygen atoms in total. The van der Waals surface area contributed by atoms with Gasteiger partial charge in [-0.15, -0.1) is 5.10 Å². The summed E-state index contributed by atoms with van der Waals surface area (Å²) < 4.78 is 0. The molecule has 0 saturated carbocycles. The summed E-state index contributed by atoms with van der Waals surface area (Å²) in [7, 11) is 0. The Balaban J connectivity index is 1.62. The molecule has 4 rings (SSSR count). The Hall–Kier alpha value is -2.73. The zero-order chi connectivity index (χ0) is 22.0. The standard InChI is InChI=1S/C25H34N6/c1-6-10-30-11-13-31(14-12-30)24-15-22-23(16-26-24)20(5)28-29-25(22)27-19(4)21-9-7-8-17(2)18(21)3/h7-9,15-16,19H,6,10-14H2,1-5H3,(H,27,29)/t19-/m1/s1. The summed E-state index contributed by atoms with van der Waals surface area (Å²) in [5.41, 5.74) is 4.82. The number of nitrogens with one attached hydrogen (secondary N) is 1. The molecule has 0 bridgehead atoms. The summed E-state index contributed by atoms with van der Waals surface area (Å²) in [6, 6.07) is 8.78. The maximum atomic E-state index is 4.78. The Morgan fingerprint density at radius 3 is 2.55 bits per heavy atom. The van der Waals surface area contributed by atoms with Crippen molar-refractivity contribution in [3.63, 3.8) is 0 Å². The summed E-state index contributed by atoms with van der Waals surface area (Å²) in [5, 5.41) is 14.7. The van der Waals surface area contributed by atoms with E-state index in [1.165, 1.54) is 29.7 Å². The van der Waals surface area contributed by atoms with Crippen LogP contribution in [0, 0.1) is 20.8 Å². The lowest BCUT2D eigenvalue weighted by molar-refractivity contribution is 0.258. The molecule has 1 aliphatic rings. The van der Waals surface area contributed by atoms with E-state index in [0.717, 1.165) is 54.3 Å². The molecule has 0 unspecified atom stereocenters. The van der Waals surface area contributed by atoms with Gasteiger partial charge in [-0.3, -0.25) is 4.90 Å². The molecule has 1 saturated heterocycles. The molecule has 1 fully saturated rings. The maximum absolute atomic E-state index is 4.78. The van der Waals surface area contributed by atoms with Crippen LogP contribution in [0.1, 0.15) is 48.7 Å². The van der Waals surface area contributed by atoms with Gasteiger partial charge in [0.2, 0.25) is 0 Å². The second kappa shape index (κ2) is 9.18. The number of aryl methyl sites for hydroxylation is 2. The van der Waals surface area contributed by atoms with Gasteiger partial charge in [0, 0.05) is 43.1 Å². The van der Waals surface area contributed by atoms with Crippen LogP contribution >= 0.6 is 0 Å². The molecule has 6 heteroatoms. The monoisotopic (exact) mass is 418 g/mol. The average Bonchev–Trinajstić information content (AvgIpc) is 2.78. The third-order valence-corrected chi connectivity index (χ3v) is 6.54. The van der Waals surface area contributed by atoms with Crippen LogP contribution in [0.4, 0.5) is 11.6 Å². The number of aromatic nitrogens is 3. The SMILES string of the molecule is CCCN1CCN(c2cc3c(N[C@H](C)c4cccc(C)c4C)nnc(C)c3cn2)CC1. The van der Waals surface area contributed by atoms with E-state index in [-0.39, 0.29) is 6.04 Å². The summed E-state index contributed by atoms with van der Waals surface area (Å²) in [5.74, 6) is 1.85. The van der Waals surface area contributed by atoms with Crippen LogP contribution in [0.5, 0.6) is 0 Å². The first kappa shape index (κ1) is 21.5. The average molecular weight is 419 g/mol. The van der Waals surface area contributed by atoms with Crippen molar-refractivity contribution in [3.8, 4) is 0 Å². The first-order valence-corrected chi connectivity index (χ1v) is 11.4. The largest absolute Gasteiger partial charge is 0.362 e. The summed E-state index contributed by atoms with van der Waals surface area (Å²) in [4.78, 5) is 9.70. The predicted molar refractivity (Wildman–Crippen MR) is 129 cm³/mol. The number of anilines is 2. The number of benzene rings is 1. The summed E-state index contributed by atoms with van der Waals surface area (Å²) in [6.45, 7) is 16.2. The number of fused-ring (bicyclic) bond motifs is 1. The highest BCUT2D eigenvalue weighted by Crippen LogP contribution is 2.30. The number of pyridine rings is 1. The van der Waals surface area contributed by atoms with Gasteiger partial charge in [0.15, 0.2) is 5.82 Å². The normalized spacial score (nSPS) is 16.0. The van der Waals surface area contributed by atoms with Gasteiger partial charge in [0.1, 0.15) is 5.82 Å².